The lowest BCUT2D eigenvalue weighted by molar-refractivity contribution is -0.124. The Kier molecular flexibility index (Phi) is 6.55. The van der Waals surface area contributed by atoms with Crippen LogP contribution in [0, 0.1) is 0 Å². The average Bonchev–Trinajstić information content (AvgIpc) is 2.75. The van der Waals surface area contributed by atoms with Crippen LogP contribution in [-0.2, 0) is 17.6 Å². The van der Waals surface area contributed by atoms with Gasteiger partial charge in [-0.05, 0) is 87.3 Å². The number of pyridine rings is 1. The zero-order valence-corrected chi connectivity index (χ0v) is 17.4. The van der Waals surface area contributed by atoms with Gasteiger partial charge in [0.2, 0.25) is 0 Å². The summed E-state index contributed by atoms with van der Waals surface area (Å²) in [6, 6.07) is 9.98. The summed E-state index contributed by atoms with van der Waals surface area (Å²) in [6.45, 7) is 0.0284. The van der Waals surface area contributed by atoms with E-state index < -0.39 is 0 Å². The highest BCUT2D eigenvalue weighted by molar-refractivity contribution is 6.30. The summed E-state index contributed by atoms with van der Waals surface area (Å²) in [4.78, 5) is 16.8. The topological polar surface area (TPSA) is 63.2 Å². The Morgan fingerprint density at radius 2 is 1.79 bits per heavy atom. The van der Waals surface area contributed by atoms with E-state index in [9.17, 15) is 4.79 Å². The summed E-state index contributed by atoms with van der Waals surface area (Å²) in [7, 11) is 0. The van der Waals surface area contributed by atoms with Gasteiger partial charge < -0.3 is 15.4 Å². The predicted molar refractivity (Wildman–Crippen MR) is 116 cm³/mol. The average molecular weight is 414 g/mol. The smallest absolute Gasteiger partial charge is 0.258 e. The summed E-state index contributed by atoms with van der Waals surface area (Å²) in [5.41, 5.74) is 3.81. The van der Waals surface area contributed by atoms with Crippen LogP contribution >= 0.6 is 11.6 Å². The van der Waals surface area contributed by atoms with Gasteiger partial charge in [-0.3, -0.25) is 9.78 Å². The van der Waals surface area contributed by atoms with E-state index in [2.05, 4.69) is 21.7 Å². The van der Waals surface area contributed by atoms with Crippen LogP contribution in [0.5, 0.6) is 5.75 Å². The maximum Gasteiger partial charge on any atom is 0.258 e. The number of ether oxygens (including phenoxy) is 1. The monoisotopic (exact) mass is 413 g/mol. The molecule has 0 radical (unpaired) electrons. The first-order chi connectivity index (χ1) is 14.2. The third-order valence-electron chi connectivity index (χ3n) is 5.82. The van der Waals surface area contributed by atoms with Gasteiger partial charge in [-0.25, -0.2) is 0 Å². The Morgan fingerprint density at radius 1 is 1.07 bits per heavy atom. The van der Waals surface area contributed by atoms with Crippen molar-refractivity contribution in [3.8, 4) is 5.75 Å². The number of benzene rings is 1. The van der Waals surface area contributed by atoms with Gasteiger partial charge in [-0.1, -0.05) is 11.6 Å². The Hall–Kier alpha value is -2.27. The maximum absolute atomic E-state index is 12.2. The molecule has 6 heteroatoms. The Morgan fingerprint density at radius 3 is 2.59 bits per heavy atom. The van der Waals surface area contributed by atoms with E-state index in [1.165, 1.54) is 24.1 Å². The summed E-state index contributed by atoms with van der Waals surface area (Å²) in [5.74, 6) is 0.575. The number of fused-ring (bicyclic) bond motifs is 1. The summed E-state index contributed by atoms with van der Waals surface area (Å²) < 4.78 is 5.52. The fraction of sp³-hybridized carbons (Fsp3) is 0.478. The van der Waals surface area contributed by atoms with Gasteiger partial charge >= 0.3 is 0 Å². The number of aryl methyl sites for hydroxylation is 2. The molecule has 2 aliphatic rings. The molecule has 0 saturated heterocycles. The molecule has 1 amide bonds. The molecule has 2 aromatic rings. The van der Waals surface area contributed by atoms with Crippen LogP contribution in [0.1, 0.15) is 49.8 Å². The fourth-order valence-corrected chi connectivity index (χ4v) is 4.36. The molecule has 0 aliphatic heterocycles. The second-order valence-corrected chi connectivity index (χ2v) is 8.48. The zero-order valence-electron chi connectivity index (χ0n) is 16.6. The van der Waals surface area contributed by atoms with Crippen LogP contribution < -0.4 is 15.4 Å². The zero-order chi connectivity index (χ0) is 20.1. The molecule has 1 heterocycles. The number of nitrogens with one attached hydrogen (secondary N) is 2. The molecule has 29 heavy (non-hydrogen) atoms. The predicted octanol–water partition coefficient (Wildman–Crippen LogP) is 4.53. The van der Waals surface area contributed by atoms with Gasteiger partial charge in [-0.15, -0.1) is 0 Å². The molecule has 154 valence electrons. The highest BCUT2D eigenvalue weighted by atomic mass is 35.5. The molecular weight excluding hydrogens is 386 g/mol. The molecule has 0 spiro atoms. The minimum absolute atomic E-state index is 0.0284. The van der Waals surface area contributed by atoms with Gasteiger partial charge in [0.05, 0.1) is 11.9 Å². The molecule has 1 fully saturated rings. The first-order valence-corrected chi connectivity index (χ1v) is 11.0. The standard InChI is InChI=1S/C23H28ClN3O2/c24-17-5-11-21(12-6-17)29-15-23(28)27-19-9-7-18(8-10-19)26-20-13-16-3-1-2-4-22(16)25-14-20/h5-6,11-14,18-19,26H,1-4,7-10,15H2,(H,27,28). The van der Waals surface area contributed by atoms with E-state index in [0.29, 0.717) is 16.8 Å². The van der Waals surface area contributed by atoms with Gasteiger partial charge in [0.25, 0.3) is 5.91 Å². The third-order valence-corrected chi connectivity index (χ3v) is 6.07. The molecule has 0 bridgehead atoms. The van der Waals surface area contributed by atoms with Crippen molar-refractivity contribution >= 4 is 23.2 Å². The van der Waals surface area contributed by atoms with Crippen LogP contribution in [0.2, 0.25) is 5.02 Å². The summed E-state index contributed by atoms with van der Waals surface area (Å²) in [5, 5.41) is 7.39. The molecule has 2 N–H and O–H groups in total. The second kappa shape index (κ2) is 9.49. The number of hydrogen-bond acceptors (Lipinski definition) is 4. The van der Waals surface area contributed by atoms with Crippen LogP contribution in [0.25, 0.3) is 0 Å². The number of hydrogen-bond donors (Lipinski definition) is 2. The summed E-state index contributed by atoms with van der Waals surface area (Å²) in [6.07, 6.45) is 10.8. The number of carbonyl (C=O) groups is 1. The number of rotatable bonds is 6. The largest absolute Gasteiger partial charge is 0.484 e. The third kappa shape index (κ3) is 5.63. The minimum Gasteiger partial charge on any atom is -0.484 e. The van der Waals surface area contributed by atoms with Crippen molar-refractivity contribution in [2.45, 2.75) is 63.5 Å². The minimum atomic E-state index is -0.0738. The van der Waals surface area contributed by atoms with Gasteiger partial charge in [0.1, 0.15) is 5.75 Å². The molecule has 5 nitrogen and oxygen atoms in total. The van der Waals surface area contributed by atoms with Gasteiger partial charge in [0, 0.05) is 22.8 Å². The molecule has 4 rings (SSSR count). The van der Waals surface area contributed by atoms with Crippen molar-refractivity contribution in [1.29, 1.82) is 0 Å². The molecule has 2 aliphatic carbocycles. The maximum atomic E-state index is 12.2. The molecule has 1 aromatic carbocycles. The van der Waals surface area contributed by atoms with Gasteiger partial charge in [0.15, 0.2) is 6.61 Å². The normalized spacial score (nSPS) is 21.1. The summed E-state index contributed by atoms with van der Waals surface area (Å²) >= 11 is 5.85. The van der Waals surface area contributed by atoms with Crippen LogP contribution in [0.4, 0.5) is 5.69 Å². The highest BCUT2D eigenvalue weighted by Gasteiger charge is 2.23. The lowest BCUT2D eigenvalue weighted by atomic mass is 9.90. The first kappa shape index (κ1) is 20.0. The van der Waals surface area contributed by atoms with E-state index in [1.54, 1.807) is 24.3 Å². The SMILES string of the molecule is O=C(COc1ccc(Cl)cc1)NC1CCC(Nc2cnc3c(c2)CCCC3)CC1. The number of anilines is 1. The molecule has 0 unspecified atom stereocenters. The lowest BCUT2D eigenvalue weighted by Gasteiger charge is -2.30. The van der Waals surface area contributed by atoms with E-state index in [0.717, 1.165) is 44.2 Å². The number of nitrogens with zero attached hydrogens (tertiary/aromatic N) is 1. The first-order valence-electron chi connectivity index (χ1n) is 10.6. The number of aromatic nitrogens is 1. The van der Waals surface area contributed by atoms with E-state index in [4.69, 9.17) is 16.3 Å². The van der Waals surface area contributed by atoms with E-state index >= 15 is 0 Å². The van der Waals surface area contributed by atoms with Crippen molar-refractivity contribution in [2.24, 2.45) is 0 Å². The highest BCUT2D eigenvalue weighted by Crippen LogP contribution is 2.25. The van der Waals surface area contributed by atoms with Crippen molar-refractivity contribution in [3.63, 3.8) is 0 Å². The fourth-order valence-electron chi connectivity index (χ4n) is 4.23. The van der Waals surface area contributed by atoms with Crippen LogP contribution in [0.3, 0.4) is 0 Å². The Bertz CT molecular complexity index is 833. The van der Waals surface area contributed by atoms with Crippen LogP contribution in [0.15, 0.2) is 36.5 Å². The van der Waals surface area contributed by atoms with E-state index in [1.807, 2.05) is 6.20 Å². The number of halogens is 1. The van der Waals surface area contributed by atoms with Crippen LogP contribution in [-0.4, -0.2) is 29.6 Å². The van der Waals surface area contributed by atoms with Crippen molar-refractivity contribution in [2.75, 3.05) is 11.9 Å². The number of carbonyl (C=O) groups excluding carboxylic acids is 1. The Balaban J connectivity index is 1.19. The lowest BCUT2D eigenvalue weighted by Crippen LogP contribution is -2.42. The number of amides is 1. The molecule has 1 saturated carbocycles. The van der Waals surface area contributed by atoms with Crippen molar-refractivity contribution in [1.82, 2.24) is 10.3 Å². The molecular formula is C23H28ClN3O2. The molecule has 0 atom stereocenters. The van der Waals surface area contributed by atoms with Crippen molar-refractivity contribution < 1.29 is 9.53 Å². The van der Waals surface area contributed by atoms with Gasteiger partial charge in [-0.2, -0.15) is 0 Å². The van der Waals surface area contributed by atoms with Crippen molar-refractivity contribution in [3.05, 3.63) is 52.8 Å². The molecule has 1 aromatic heterocycles. The Labute approximate surface area is 177 Å². The second-order valence-electron chi connectivity index (χ2n) is 8.04. The quantitative estimate of drug-likeness (QED) is 0.730. The van der Waals surface area contributed by atoms with E-state index in [-0.39, 0.29) is 18.6 Å².